The summed E-state index contributed by atoms with van der Waals surface area (Å²) >= 11 is 0. The van der Waals surface area contributed by atoms with Crippen molar-refractivity contribution < 1.29 is 4.74 Å². The summed E-state index contributed by atoms with van der Waals surface area (Å²) in [6.07, 6.45) is 0. The summed E-state index contributed by atoms with van der Waals surface area (Å²) in [7, 11) is 0. The second-order valence-corrected chi connectivity index (χ2v) is 4.63. The number of fused-ring (bicyclic) bond motifs is 1. The fourth-order valence-corrected chi connectivity index (χ4v) is 2.34. The first-order valence-corrected chi connectivity index (χ1v) is 7.21. The minimum atomic E-state index is 0.459. The Balaban J connectivity index is 2.38. The topological polar surface area (TPSA) is 51.4 Å². The highest BCUT2D eigenvalue weighted by Gasteiger charge is 2.11. The van der Waals surface area contributed by atoms with E-state index in [-0.39, 0.29) is 0 Å². The quantitative estimate of drug-likeness (QED) is 0.788. The van der Waals surface area contributed by atoms with Crippen molar-refractivity contribution in [1.29, 1.82) is 0 Å². The van der Waals surface area contributed by atoms with Crippen molar-refractivity contribution in [2.45, 2.75) is 20.4 Å². The largest absolute Gasteiger partial charge is 0.380 e. The Morgan fingerprint density at radius 1 is 1.25 bits per heavy atom. The number of hydrogen-bond acceptors (Lipinski definition) is 4. The Kier molecular flexibility index (Phi) is 5.32. The Bertz CT molecular complexity index is 556. The fraction of sp³-hybridized carbons (Fsp3) is 0.438. The first-order valence-electron chi connectivity index (χ1n) is 7.21. The van der Waals surface area contributed by atoms with E-state index in [0.717, 1.165) is 37.5 Å². The molecule has 1 aromatic heterocycles. The second-order valence-electron chi connectivity index (χ2n) is 4.63. The van der Waals surface area contributed by atoms with Gasteiger partial charge >= 0.3 is 0 Å². The van der Waals surface area contributed by atoms with Crippen LogP contribution in [0.5, 0.6) is 0 Å². The van der Waals surface area contributed by atoms with E-state index in [9.17, 15) is 0 Å². The molecule has 2 rings (SSSR count). The van der Waals surface area contributed by atoms with E-state index in [2.05, 4.69) is 28.9 Å². The number of pyridine rings is 1. The molecule has 0 saturated heterocycles. The van der Waals surface area contributed by atoms with Gasteiger partial charge in [0, 0.05) is 37.3 Å². The molecular formula is C16H23N3O. The number of ether oxygens (including phenoxy) is 1. The van der Waals surface area contributed by atoms with Crippen molar-refractivity contribution in [3.8, 4) is 0 Å². The van der Waals surface area contributed by atoms with Crippen LogP contribution < -0.4 is 10.6 Å². The van der Waals surface area contributed by atoms with Crippen molar-refractivity contribution in [1.82, 2.24) is 4.98 Å². The highest BCUT2D eigenvalue weighted by Crippen LogP contribution is 2.26. The summed E-state index contributed by atoms with van der Waals surface area (Å²) in [5, 5.41) is 1.17. The van der Waals surface area contributed by atoms with Gasteiger partial charge in [-0.3, -0.25) is 4.98 Å². The van der Waals surface area contributed by atoms with E-state index in [1.807, 2.05) is 25.1 Å². The van der Waals surface area contributed by atoms with Crippen LogP contribution in [0.2, 0.25) is 0 Å². The molecule has 0 aliphatic rings. The van der Waals surface area contributed by atoms with Crippen LogP contribution in [0.4, 0.5) is 5.69 Å². The molecule has 4 heteroatoms. The highest BCUT2D eigenvalue weighted by molar-refractivity contribution is 5.92. The third kappa shape index (κ3) is 3.26. The van der Waals surface area contributed by atoms with Gasteiger partial charge in [0.2, 0.25) is 0 Å². The summed E-state index contributed by atoms with van der Waals surface area (Å²) in [6, 6.07) is 10.3. The van der Waals surface area contributed by atoms with Gasteiger partial charge in [0.25, 0.3) is 0 Å². The molecule has 0 amide bonds. The molecule has 4 nitrogen and oxygen atoms in total. The second kappa shape index (κ2) is 7.22. The van der Waals surface area contributed by atoms with Crippen molar-refractivity contribution in [3.05, 3.63) is 36.0 Å². The normalized spacial score (nSPS) is 10.9. The number of hydrogen-bond donors (Lipinski definition) is 1. The predicted octanol–water partition coefficient (Wildman–Crippen LogP) is 2.56. The number of para-hydroxylation sites is 1. The molecule has 0 fully saturated rings. The van der Waals surface area contributed by atoms with E-state index in [1.54, 1.807) is 0 Å². The van der Waals surface area contributed by atoms with E-state index in [1.165, 1.54) is 11.1 Å². The molecule has 20 heavy (non-hydrogen) atoms. The van der Waals surface area contributed by atoms with E-state index in [4.69, 9.17) is 10.5 Å². The molecule has 0 atom stereocenters. The van der Waals surface area contributed by atoms with Gasteiger partial charge in [-0.05, 0) is 26.0 Å². The van der Waals surface area contributed by atoms with Gasteiger partial charge in [-0.15, -0.1) is 0 Å². The van der Waals surface area contributed by atoms with Crippen molar-refractivity contribution in [2.24, 2.45) is 5.73 Å². The lowest BCUT2D eigenvalue weighted by Crippen LogP contribution is -2.27. The molecule has 2 aromatic rings. The molecule has 0 aliphatic carbocycles. The van der Waals surface area contributed by atoms with Crippen molar-refractivity contribution in [3.63, 3.8) is 0 Å². The smallest absolute Gasteiger partial charge is 0.0726 e. The first kappa shape index (κ1) is 14.8. The molecule has 0 aliphatic heterocycles. The maximum Gasteiger partial charge on any atom is 0.0726 e. The van der Waals surface area contributed by atoms with Crippen LogP contribution in [0.1, 0.15) is 19.5 Å². The lowest BCUT2D eigenvalue weighted by atomic mass is 10.1. The monoisotopic (exact) mass is 273 g/mol. The SMILES string of the molecule is CCOCCN(CC)c1cc(CN)nc2ccccc12. The third-order valence-electron chi connectivity index (χ3n) is 3.39. The Labute approximate surface area is 120 Å². The molecule has 1 aromatic carbocycles. The maximum atomic E-state index is 5.77. The van der Waals surface area contributed by atoms with E-state index < -0.39 is 0 Å². The van der Waals surface area contributed by atoms with E-state index in [0.29, 0.717) is 6.54 Å². The molecule has 0 radical (unpaired) electrons. The number of aromatic nitrogens is 1. The molecular weight excluding hydrogens is 250 g/mol. The third-order valence-corrected chi connectivity index (χ3v) is 3.39. The zero-order valence-electron chi connectivity index (χ0n) is 12.3. The Morgan fingerprint density at radius 2 is 2.05 bits per heavy atom. The Morgan fingerprint density at radius 3 is 2.75 bits per heavy atom. The standard InChI is InChI=1S/C16H23N3O/c1-3-19(9-10-20-4-2)16-11-13(12-17)18-15-8-6-5-7-14(15)16/h5-8,11H,3-4,9-10,12,17H2,1-2H3. The summed E-state index contributed by atoms with van der Waals surface area (Å²) in [6.45, 7) is 7.93. The highest BCUT2D eigenvalue weighted by atomic mass is 16.5. The van der Waals surface area contributed by atoms with Gasteiger partial charge in [-0.1, -0.05) is 18.2 Å². The lowest BCUT2D eigenvalue weighted by Gasteiger charge is -2.25. The number of likely N-dealkylation sites (N-methyl/N-ethyl adjacent to an activating group) is 1. The van der Waals surface area contributed by atoms with Crippen LogP contribution in [0.25, 0.3) is 10.9 Å². The van der Waals surface area contributed by atoms with Gasteiger partial charge in [0.15, 0.2) is 0 Å². The number of nitrogens with zero attached hydrogens (tertiary/aromatic N) is 2. The van der Waals surface area contributed by atoms with Crippen LogP contribution in [0, 0.1) is 0 Å². The summed E-state index contributed by atoms with van der Waals surface area (Å²) in [5.41, 5.74) is 8.88. The predicted molar refractivity (Wildman–Crippen MR) is 84.0 cm³/mol. The Hall–Kier alpha value is -1.65. The van der Waals surface area contributed by atoms with Crippen LogP contribution in [0.15, 0.2) is 30.3 Å². The summed E-state index contributed by atoms with van der Waals surface area (Å²) in [5.74, 6) is 0. The van der Waals surface area contributed by atoms with Crippen LogP contribution in [0.3, 0.4) is 0 Å². The van der Waals surface area contributed by atoms with Crippen molar-refractivity contribution >= 4 is 16.6 Å². The van der Waals surface area contributed by atoms with Gasteiger partial charge in [-0.2, -0.15) is 0 Å². The maximum absolute atomic E-state index is 5.77. The van der Waals surface area contributed by atoms with Crippen molar-refractivity contribution in [2.75, 3.05) is 31.2 Å². The van der Waals surface area contributed by atoms with Gasteiger partial charge in [0.1, 0.15) is 0 Å². The molecule has 1 heterocycles. The van der Waals surface area contributed by atoms with Gasteiger partial charge in [-0.25, -0.2) is 0 Å². The number of anilines is 1. The van der Waals surface area contributed by atoms with E-state index >= 15 is 0 Å². The zero-order valence-corrected chi connectivity index (χ0v) is 12.3. The average Bonchev–Trinajstić information content (AvgIpc) is 2.50. The number of nitrogens with two attached hydrogens (primary N) is 1. The summed E-state index contributed by atoms with van der Waals surface area (Å²) in [4.78, 5) is 6.90. The molecule has 0 saturated carbocycles. The minimum absolute atomic E-state index is 0.459. The summed E-state index contributed by atoms with van der Waals surface area (Å²) < 4.78 is 5.47. The molecule has 0 unspecified atom stereocenters. The van der Waals surface area contributed by atoms with Gasteiger partial charge < -0.3 is 15.4 Å². The average molecular weight is 273 g/mol. The molecule has 108 valence electrons. The molecule has 2 N–H and O–H groups in total. The fourth-order valence-electron chi connectivity index (χ4n) is 2.34. The van der Waals surface area contributed by atoms with Crippen LogP contribution in [-0.2, 0) is 11.3 Å². The minimum Gasteiger partial charge on any atom is -0.380 e. The van der Waals surface area contributed by atoms with Crippen LogP contribution >= 0.6 is 0 Å². The number of rotatable bonds is 7. The zero-order chi connectivity index (χ0) is 14.4. The lowest BCUT2D eigenvalue weighted by molar-refractivity contribution is 0.154. The number of benzene rings is 1. The van der Waals surface area contributed by atoms with Gasteiger partial charge in [0.05, 0.1) is 17.8 Å². The molecule has 0 bridgehead atoms. The first-order chi connectivity index (χ1) is 9.80. The molecule has 0 spiro atoms. The van der Waals surface area contributed by atoms with Crippen LogP contribution in [-0.4, -0.2) is 31.3 Å².